The van der Waals surface area contributed by atoms with Gasteiger partial charge in [-0.25, -0.2) is 4.39 Å². The van der Waals surface area contributed by atoms with Crippen LogP contribution < -0.4 is 0 Å². The average molecular weight is 154 g/mol. The molecule has 0 aromatic carbocycles. The van der Waals surface area contributed by atoms with Crippen molar-refractivity contribution in [3.05, 3.63) is 35.7 Å². The Morgan fingerprint density at radius 2 is 2.00 bits per heavy atom. The summed E-state index contributed by atoms with van der Waals surface area (Å²) in [5.41, 5.74) is 1.64. The van der Waals surface area contributed by atoms with Gasteiger partial charge in [-0.1, -0.05) is 19.6 Å². The molecule has 0 fully saturated rings. The lowest BCUT2D eigenvalue weighted by Crippen LogP contribution is -1.78. The van der Waals surface area contributed by atoms with Gasteiger partial charge in [-0.2, -0.15) is 0 Å². The molecule has 0 aliphatic heterocycles. The second-order valence-electron chi connectivity index (χ2n) is 2.57. The Kier molecular flexibility index (Phi) is 4.51. The summed E-state index contributed by atoms with van der Waals surface area (Å²) >= 11 is 0. The van der Waals surface area contributed by atoms with Gasteiger partial charge in [-0.05, 0) is 37.5 Å². The predicted octanol–water partition coefficient (Wildman–Crippen LogP) is 3.77. The standard InChI is InChI=1S/C10H15F/c1-5-8(3)7-10(11)9(4)6-2/h5,7H,1,6H2,2-4H3/b8-7-,10-9+. The fourth-order valence-corrected chi connectivity index (χ4v) is 0.551. The topological polar surface area (TPSA) is 0 Å². The van der Waals surface area contributed by atoms with Gasteiger partial charge in [-0.3, -0.25) is 0 Å². The first-order chi connectivity index (χ1) is 5.11. The van der Waals surface area contributed by atoms with Crippen LogP contribution in [0.2, 0.25) is 0 Å². The lowest BCUT2D eigenvalue weighted by molar-refractivity contribution is 0.647. The molecule has 11 heavy (non-hydrogen) atoms. The molecule has 0 spiro atoms. The molecule has 0 heterocycles. The molecule has 0 rings (SSSR count). The lowest BCUT2D eigenvalue weighted by Gasteiger charge is -1.96. The van der Waals surface area contributed by atoms with E-state index in [0.717, 1.165) is 17.6 Å². The van der Waals surface area contributed by atoms with Gasteiger partial charge in [0.2, 0.25) is 0 Å². The van der Waals surface area contributed by atoms with Crippen molar-refractivity contribution in [3.8, 4) is 0 Å². The number of hydrogen-bond acceptors (Lipinski definition) is 0. The van der Waals surface area contributed by atoms with Gasteiger partial charge in [0.1, 0.15) is 5.83 Å². The first-order valence-corrected chi connectivity index (χ1v) is 3.77. The monoisotopic (exact) mass is 154 g/mol. The SMILES string of the molecule is C=C/C(C)=C\C(F)=C(\C)CC. The van der Waals surface area contributed by atoms with Gasteiger partial charge < -0.3 is 0 Å². The number of halogens is 1. The van der Waals surface area contributed by atoms with E-state index >= 15 is 0 Å². The third-order valence-electron chi connectivity index (χ3n) is 1.61. The molecule has 0 aromatic heterocycles. The zero-order valence-electron chi connectivity index (χ0n) is 7.45. The van der Waals surface area contributed by atoms with Crippen molar-refractivity contribution in [1.82, 2.24) is 0 Å². The Bertz CT molecular complexity index is 197. The van der Waals surface area contributed by atoms with Crippen LogP contribution in [0.5, 0.6) is 0 Å². The van der Waals surface area contributed by atoms with Gasteiger partial charge >= 0.3 is 0 Å². The highest BCUT2D eigenvalue weighted by atomic mass is 19.1. The van der Waals surface area contributed by atoms with Crippen LogP contribution in [0.15, 0.2) is 35.7 Å². The third-order valence-corrected chi connectivity index (χ3v) is 1.61. The zero-order valence-corrected chi connectivity index (χ0v) is 7.45. The van der Waals surface area contributed by atoms with Crippen LogP contribution in [0.4, 0.5) is 4.39 Å². The van der Waals surface area contributed by atoms with Crippen molar-refractivity contribution < 1.29 is 4.39 Å². The van der Waals surface area contributed by atoms with E-state index in [1.807, 2.05) is 13.8 Å². The van der Waals surface area contributed by atoms with Crippen LogP contribution in [-0.2, 0) is 0 Å². The van der Waals surface area contributed by atoms with Crippen molar-refractivity contribution >= 4 is 0 Å². The van der Waals surface area contributed by atoms with E-state index in [1.54, 1.807) is 13.0 Å². The molecule has 0 aromatic rings. The molecular formula is C10H15F. The quantitative estimate of drug-likeness (QED) is 0.543. The predicted molar refractivity (Wildman–Crippen MR) is 48.1 cm³/mol. The smallest absolute Gasteiger partial charge is 0.122 e. The summed E-state index contributed by atoms with van der Waals surface area (Å²) in [6.07, 6.45) is 3.90. The maximum Gasteiger partial charge on any atom is 0.122 e. The van der Waals surface area contributed by atoms with Crippen LogP contribution in [0, 0.1) is 0 Å². The molecule has 0 amide bonds. The minimum atomic E-state index is -0.134. The van der Waals surface area contributed by atoms with Crippen LogP contribution in [0.3, 0.4) is 0 Å². The Hall–Kier alpha value is -0.850. The van der Waals surface area contributed by atoms with Gasteiger partial charge in [0.15, 0.2) is 0 Å². The summed E-state index contributed by atoms with van der Waals surface area (Å²) in [5, 5.41) is 0. The van der Waals surface area contributed by atoms with Crippen molar-refractivity contribution in [1.29, 1.82) is 0 Å². The van der Waals surface area contributed by atoms with Gasteiger partial charge in [0.25, 0.3) is 0 Å². The molecule has 1 heteroatoms. The van der Waals surface area contributed by atoms with Gasteiger partial charge in [0, 0.05) is 0 Å². The molecule has 0 bridgehead atoms. The van der Waals surface area contributed by atoms with Gasteiger partial charge in [0.05, 0.1) is 0 Å². The van der Waals surface area contributed by atoms with Crippen molar-refractivity contribution in [2.75, 3.05) is 0 Å². The first kappa shape index (κ1) is 10.2. The maximum absolute atomic E-state index is 13.0. The van der Waals surface area contributed by atoms with Crippen LogP contribution in [0.25, 0.3) is 0 Å². The van der Waals surface area contributed by atoms with E-state index in [0.29, 0.717) is 0 Å². The van der Waals surface area contributed by atoms with E-state index in [-0.39, 0.29) is 5.83 Å². The van der Waals surface area contributed by atoms with E-state index in [9.17, 15) is 4.39 Å². The van der Waals surface area contributed by atoms with Crippen molar-refractivity contribution in [3.63, 3.8) is 0 Å². The summed E-state index contributed by atoms with van der Waals surface area (Å²) in [4.78, 5) is 0. The summed E-state index contributed by atoms with van der Waals surface area (Å²) in [7, 11) is 0. The molecule has 0 atom stereocenters. The minimum Gasteiger partial charge on any atom is -0.207 e. The van der Waals surface area contributed by atoms with Crippen LogP contribution >= 0.6 is 0 Å². The molecular weight excluding hydrogens is 139 g/mol. The number of rotatable bonds is 3. The molecule has 0 aliphatic rings. The molecule has 0 nitrogen and oxygen atoms in total. The number of allylic oxidation sites excluding steroid dienone is 5. The first-order valence-electron chi connectivity index (χ1n) is 3.77. The normalized spacial score (nSPS) is 14.4. The van der Waals surface area contributed by atoms with E-state index in [1.165, 1.54) is 6.08 Å². The zero-order chi connectivity index (χ0) is 8.85. The number of hydrogen-bond donors (Lipinski definition) is 0. The lowest BCUT2D eigenvalue weighted by atomic mass is 10.1. The highest BCUT2D eigenvalue weighted by Gasteiger charge is 1.94. The Morgan fingerprint density at radius 1 is 1.45 bits per heavy atom. The molecule has 0 radical (unpaired) electrons. The second-order valence-corrected chi connectivity index (χ2v) is 2.57. The molecule has 0 unspecified atom stereocenters. The highest BCUT2D eigenvalue weighted by Crippen LogP contribution is 2.12. The molecule has 0 saturated carbocycles. The van der Waals surface area contributed by atoms with E-state index in [4.69, 9.17) is 0 Å². The van der Waals surface area contributed by atoms with Gasteiger partial charge in [-0.15, -0.1) is 0 Å². The van der Waals surface area contributed by atoms with Crippen molar-refractivity contribution in [2.45, 2.75) is 27.2 Å². The largest absolute Gasteiger partial charge is 0.207 e. The van der Waals surface area contributed by atoms with E-state index in [2.05, 4.69) is 6.58 Å². The van der Waals surface area contributed by atoms with Crippen LogP contribution in [0.1, 0.15) is 27.2 Å². The summed E-state index contributed by atoms with van der Waals surface area (Å²) in [6, 6.07) is 0. The minimum absolute atomic E-state index is 0.134. The molecule has 0 saturated heterocycles. The second kappa shape index (κ2) is 4.89. The molecule has 0 N–H and O–H groups in total. The fraction of sp³-hybridized carbons (Fsp3) is 0.400. The fourth-order valence-electron chi connectivity index (χ4n) is 0.551. The maximum atomic E-state index is 13.0. The van der Waals surface area contributed by atoms with E-state index < -0.39 is 0 Å². The molecule has 0 aliphatic carbocycles. The Morgan fingerprint density at radius 3 is 2.36 bits per heavy atom. The summed E-state index contributed by atoms with van der Waals surface area (Å²) in [5.74, 6) is -0.134. The van der Waals surface area contributed by atoms with Crippen LogP contribution in [-0.4, -0.2) is 0 Å². The van der Waals surface area contributed by atoms with Crippen molar-refractivity contribution in [2.24, 2.45) is 0 Å². The average Bonchev–Trinajstić information content (AvgIpc) is 2.02. The summed E-state index contributed by atoms with van der Waals surface area (Å²) in [6.45, 7) is 9.10. The highest BCUT2D eigenvalue weighted by molar-refractivity contribution is 5.26. The molecule has 62 valence electrons. The Labute approximate surface area is 68.1 Å². The summed E-state index contributed by atoms with van der Waals surface area (Å²) < 4.78 is 13.0. The third kappa shape index (κ3) is 3.76. The Balaban J connectivity index is 4.49.